The molecule has 2 heterocycles. The predicted molar refractivity (Wildman–Crippen MR) is 115 cm³/mol. The van der Waals surface area contributed by atoms with E-state index < -0.39 is 70.5 Å². The Balaban J connectivity index is 2.26. The molecular weight excluding hydrogens is 490 g/mol. The van der Waals surface area contributed by atoms with Crippen LogP contribution in [0, 0.1) is 0 Å². The van der Waals surface area contributed by atoms with Gasteiger partial charge in [0.1, 0.15) is 6.61 Å². The summed E-state index contributed by atoms with van der Waals surface area (Å²) in [5.41, 5.74) is 0. The Morgan fingerprint density at radius 3 is 1.74 bits per heavy atom. The van der Waals surface area contributed by atoms with Crippen LogP contribution in [0.5, 0.6) is 0 Å². The number of carbonyl (C=O) groups excluding carboxylic acids is 7. The Labute approximate surface area is 205 Å². The maximum atomic E-state index is 12.3. The van der Waals surface area contributed by atoms with Crippen LogP contribution in [-0.2, 0) is 57.3 Å². The van der Waals surface area contributed by atoms with Gasteiger partial charge in [-0.3, -0.25) is 28.8 Å². The van der Waals surface area contributed by atoms with E-state index in [1.807, 2.05) is 0 Å². The van der Waals surface area contributed by atoms with Crippen molar-refractivity contribution in [3.63, 3.8) is 0 Å². The quantitative estimate of drug-likeness (QED) is 0.231. The van der Waals surface area contributed by atoms with Gasteiger partial charge >= 0.3 is 29.8 Å². The van der Waals surface area contributed by atoms with Crippen molar-refractivity contribution < 1.29 is 57.3 Å². The average molecular weight is 518 g/mol. The van der Waals surface area contributed by atoms with Crippen LogP contribution in [0.4, 0.5) is 0 Å². The molecule has 35 heavy (non-hydrogen) atoms. The van der Waals surface area contributed by atoms with E-state index in [9.17, 15) is 33.6 Å². The summed E-state index contributed by atoms with van der Waals surface area (Å²) in [5.74, 6) is -4.90. The Hall–Kier alpha value is -3.16. The summed E-state index contributed by atoms with van der Waals surface area (Å²) < 4.78 is 21.2. The summed E-state index contributed by atoms with van der Waals surface area (Å²) in [5, 5.41) is -1.02. The monoisotopic (exact) mass is 517 g/mol. The van der Waals surface area contributed by atoms with E-state index in [2.05, 4.69) is 0 Å². The molecule has 2 aliphatic rings. The molecule has 5 atom stereocenters. The molecule has 0 saturated carbocycles. The lowest BCUT2D eigenvalue weighted by Crippen LogP contribution is -2.58. The largest absolute Gasteiger partial charge is 0.465 e. The normalized spacial score (nSPS) is 26.1. The molecule has 0 spiro atoms. The number of carbonyl (C=O) groups is 7. The van der Waals surface area contributed by atoms with E-state index in [0.29, 0.717) is 5.06 Å². The molecule has 0 aromatic carbocycles. The summed E-state index contributed by atoms with van der Waals surface area (Å²) in [4.78, 5) is 87.3. The molecule has 0 radical (unpaired) electrons. The second kappa shape index (κ2) is 12.5. The van der Waals surface area contributed by atoms with Gasteiger partial charge in [-0.05, 0) is 6.42 Å². The van der Waals surface area contributed by atoms with E-state index in [-0.39, 0.29) is 32.3 Å². The van der Waals surface area contributed by atoms with Crippen LogP contribution in [-0.4, -0.2) is 82.1 Å². The van der Waals surface area contributed by atoms with Crippen molar-refractivity contribution in [2.24, 2.45) is 0 Å². The summed E-state index contributed by atoms with van der Waals surface area (Å²) in [6.45, 7) is 4.36. The first-order valence-corrected chi connectivity index (χ1v) is 11.7. The molecule has 14 heteroatoms. The van der Waals surface area contributed by atoms with Crippen LogP contribution in [0.2, 0.25) is 0 Å². The minimum absolute atomic E-state index is 0.00120. The lowest BCUT2D eigenvalue weighted by atomic mass is 9.97. The van der Waals surface area contributed by atoms with E-state index >= 15 is 0 Å². The number of imide groups is 1. The first-order valence-electron chi connectivity index (χ1n) is 10.8. The predicted octanol–water partition coefficient (Wildman–Crippen LogP) is 0.216. The Bertz CT molecular complexity index is 874. The number of ether oxygens (including phenoxy) is 4. The Morgan fingerprint density at radius 2 is 1.26 bits per heavy atom. The minimum Gasteiger partial charge on any atom is -0.465 e. The highest BCUT2D eigenvalue weighted by Gasteiger charge is 2.51. The SMILES string of the molecule is CC(=O)OC[C@H]1S[C@H](CCC(=O)ON2C(=O)CCC2=O)[C@@H](OC(C)=O)[C@@H](OC(C)=O)[C@@H]1OC(C)=O. The molecule has 0 aromatic rings. The molecule has 0 aromatic heterocycles. The number of thioether (sulfide) groups is 1. The zero-order chi connectivity index (χ0) is 26.3. The maximum Gasteiger partial charge on any atom is 0.333 e. The minimum atomic E-state index is -1.26. The van der Waals surface area contributed by atoms with Crippen LogP contribution < -0.4 is 0 Å². The number of nitrogens with zero attached hydrogens (tertiary/aromatic N) is 1. The maximum absolute atomic E-state index is 12.3. The van der Waals surface area contributed by atoms with E-state index in [1.165, 1.54) is 6.92 Å². The first kappa shape index (κ1) is 28.1. The number of hydrogen-bond acceptors (Lipinski definition) is 13. The van der Waals surface area contributed by atoms with Crippen LogP contribution in [0.1, 0.15) is 53.4 Å². The van der Waals surface area contributed by atoms with Gasteiger partial charge in [0.25, 0.3) is 11.8 Å². The number of amides is 2. The zero-order valence-corrected chi connectivity index (χ0v) is 20.5. The molecular formula is C21H27NO12S. The number of rotatable bonds is 9. The molecule has 0 bridgehead atoms. The van der Waals surface area contributed by atoms with Gasteiger partial charge in [-0.1, -0.05) is 0 Å². The number of esters is 4. The van der Waals surface area contributed by atoms with E-state index in [0.717, 1.165) is 32.5 Å². The van der Waals surface area contributed by atoms with Gasteiger partial charge in [0.15, 0.2) is 18.3 Å². The molecule has 0 unspecified atom stereocenters. The molecule has 194 valence electrons. The fraction of sp³-hybridized carbons (Fsp3) is 0.667. The highest BCUT2D eigenvalue weighted by Crippen LogP contribution is 2.40. The Kier molecular flexibility index (Phi) is 10.0. The van der Waals surface area contributed by atoms with Gasteiger partial charge < -0.3 is 23.8 Å². The Morgan fingerprint density at radius 1 is 0.771 bits per heavy atom. The van der Waals surface area contributed by atoms with Crippen molar-refractivity contribution >= 4 is 53.4 Å². The third kappa shape index (κ3) is 8.23. The van der Waals surface area contributed by atoms with Gasteiger partial charge in [-0.2, -0.15) is 0 Å². The van der Waals surface area contributed by atoms with Crippen molar-refractivity contribution in [2.45, 2.75) is 82.2 Å². The first-order chi connectivity index (χ1) is 16.4. The third-order valence-corrected chi connectivity index (χ3v) is 6.53. The van der Waals surface area contributed by atoms with Crippen LogP contribution >= 0.6 is 11.8 Å². The molecule has 0 aliphatic carbocycles. The van der Waals surface area contributed by atoms with Crippen LogP contribution in [0.15, 0.2) is 0 Å². The van der Waals surface area contributed by atoms with Crippen molar-refractivity contribution in [1.82, 2.24) is 5.06 Å². The second-order valence-corrected chi connectivity index (χ2v) is 9.30. The molecule has 2 rings (SSSR count). The van der Waals surface area contributed by atoms with Crippen molar-refractivity contribution in [3.8, 4) is 0 Å². The topological polar surface area (TPSA) is 169 Å². The smallest absolute Gasteiger partial charge is 0.333 e. The highest BCUT2D eigenvalue weighted by atomic mass is 32.2. The zero-order valence-electron chi connectivity index (χ0n) is 19.7. The van der Waals surface area contributed by atoms with E-state index in [1.54, 1.807) is 0 Å². The second-order valence-electron chi connectivity index (χ2n) is 7.82. The molecule has 0 N–H and O–H groups in total. The summed E-state index contributed by atoms with van der Waals surface area (Å²) in [6.07, 6.45) is -3.94. The fourth-order valence-corrected chi connectivity index (χ4v) is 5.20. The summed E-state index contributed by atoms with van der Waals surface area (Å²) in [6, 6.07) is 0. The van der Waals surface area contributed by atoms with Gasteiger partial charge in [0.2, 0.25) is 0 Å². The van der Waals surface area contributed by atoms with Crippen molar-refractivity contribution in [3.05, 3.63) is 0 Å². The lowest BCUT2D eigenvalue weighted by molar-refractivity contribution is -0.198. The third-order valence-electron chi connectivity index (χ3n) is 4.92. The molecule has 2 saturated heterocycles. The number of hydrogen-bond donors (Lipinski definition) is 0. The standard InChI is InChI=1S/C21H27NO12S/c1-10(23)30-9-15-20(32-12(3)25)21(33-13(4)26)19(31-11(2)24)14(35-15)5-8-18(29)34-22-16(27)6-7-17(22)28/h14-15,19-21H,5-9H2,1-4H3/t14-,15-,19-,20-,21-/m1/s1. The van der Waals surface area contributed by atoms with Gasteiger partial charge in [-0.25, -0.2) is 4.79 Å². The molecule has 13 nitrogen and oxygen atoms in total. The van der Waals surface area contributed by atoms with Gasteiger partial charge in [0, 0.05) is 52.2 Å². The van der Waals surface area contributed by atoms with Gasteiger partial charge in [0.05, 0.1) is 5.25 Å². The fourth-order valence-electron chi connectivity index (χ4n) is 3.62. The van der Waals surface area contributed by atoms with Crippen LogP contribution in [0.3, 0.4) is 0 Å². The van der Waals surface area contributed by atoms with E-state index in [4.69, 9.17) is 23.8 Å². The van der Waals surface area contributed by atoms with Crippen molar-refractivity contribution in [1.29, 1.82) is 0 Å². The highest BCUT2D eigenvalue weighted by molar-refractivity contribution is 8.00. The number of hydroxylamine groups is 2. The lowest BCUT2D eigenvalue weighted by Gasteiger charge is -2.44. The molecule has 2 amide bonds. The van der Waals surface area contributed by atoms with Gasteiger partial charge in [-0.15, -0.1) is 16.8 Å². The average Bonchev–Trinajstić information content (AvgIpc) is 3.05. The van der Waals surface area contributed by atoms with Crippen LogP contribution in [0.25, 0.3) is 0 Å². The van der Waals surface area contributed by atoms with Crippen molar-refractivity contribution in [2.75, 3.05) is 6.61 Å². The molecule has 2 fully saturated rings. The summed E-state index contributed by atoms with van der Waals surface area (Å²) >= 11 is 1.11. The summed E-state index contributed by atoms with van der Waals surface area (Å²) in [7, 11) is 0. The molecule has 2 aliphatic heterocycles.